The molecule has 0 bridgehead atoms. The molecule has 1 aliphatic rings. The monoisotopic (exact) mass is 263 g/mol. The first-order chi connectivity index (χ1) is 8.72. The number of nitriles is 1. The molecule has 1 fully saturated rings. The average molecular weight is 264 g/mol. The van der Waals surface area contributed by atoms with Crippen molar-refractivity contribution in [2.24, 2.45) is 5.92 Å². The second-order valence-corrected chi connectivity index (χ2v) is 5.33. The SMILES string of the molecule is CCC1CCC(Oc2ccc(C#N)c(Cl)c2)CC1. The van der Waals surface area contributed by atoms with E-state index < -0.39 is 0 Å². The van der Waals surface area contributed by atoms with Crippen molar-refractivity contribution in [3.05, 3.63) is 28.8 Å². The zero-order valence-electron chi connectivity index (χ0n) is 10.7. The average Bonchev–Trinajstić information content (AvgIpc) is 2.40. The summed E-state index contributed by atoms with van der Waals surface area (Å²) in [7, 11) is 0. The maximum Gasteiger partial charge on any atom is 0.121 e. The quantitative estimate of drug-likeness (QED) is 0.801. The van der Waals surface area contributed by atoms with Crippen molar-refractivity contribution in [2.45, 2.75) is 45.1 Å². The molecule has 0 radical (unpaired) electrons. The number of nitrogens with zero attached hydrogens (tertiary/aromatic N) is 1. The molecule has 1 aromatic carbocycles. The lowest BCUT2D eigenvalue weighted by atomic mass is 9.86. The zero-order chi connectivity index (χ0) is 13.0. The maximum absolute atomic E-state index is 8.81. The molecule has 2 nitrogen and oxygen atoms in total. The van der Waals surface area contributed by atoms with Gasteiger partial charge in [-0.1, -0.05) is 24.9 Å². The number of hydrogen-bond acceptors (Lipinski definition) is 2. The number of ether oxygens (including phenoxy) is 1. The molecule has 18 heavy (non-hydrogen) atoms. The van der Waals surface area contributed by atoms with E-state index in [0.717, 1.165) is 24.5 Å². The van der Waals surface area contributed by atoms with Crippen LogP contribution in [0.4, 0.5) is 0 Å². The molecule has 96 valence electrons. The van der Waals surface area contributed by atoms with Gasteiger partial charge in [-0.3, -0.25) is 0 Å². The van der Waals surface area contributed by atoms with Gasteiger partial charge >= 0.3 is 0 Å². The summed E-state index contributed by atoms with van der Waals surface area (Å²) in [5, 5.41) is 9.28. The van der Waals surface area contributed by atoms with E-state index in [1.807, 2.05) is 6.07 Å². The first-order valence-electron chi connectivity index (χ1n) is 6.59. The molecule has 1 saturated carbocycles. The summed E-state index contributed by atoms with van der Waals surface area (Å²) in [5.74, 6) is 1.65. The van der Waals surface area contributed by atoms with Crippen molar-refractivity contribution < 1.29 is 4.74 Å². The Kier molecular flexibility index (Phi) is 4.49. The van der Waals surface area contributed by atoms with Gasteiger partial charge in [0.1, 0.15) is 11.8 Å². The maximum atomic E-state index is 8.81. The summed E-state index contributed by atoms with van der Waals surface area (Å²) in [4.78, 5) is 0. The highest BCUT2D eigenvalue weighted by molar-refractivity contribution is 6.31. The van der Waals surface area contributed by atoms with E-state index in [1.165, 1.54) is 19.3 Å². The van der Waals surface area contributed by atoms with Crippen LogP contribution < -0.4 is 4.74 Å². The van der Waals surface area contributed by atoms with E-state index >= 15 is 0 Å². The van der Waals surface area contributed by atoms with E-state index in [9.17, 15) is 0 Å². The van der Waals surface area contributed by atoms with Gasteiger partial charge in [-0.05, 0) is 43.7 Å². The molecule has 0 N–H and O–H groups in total. The Bertz CT molecular complexity index is 444. The molecule has 0 aromatic heterocycles. The molecule has 1 aromatic rings. The minimum absolute atomic E-state index is 0.303. The van der Waals surface area contributed by atoms with E-state index in [-0.39, 0.29) is 0 Å². The summed E-state index contributed by atoms with van der Waals surface area (Å²) >= 11 is 5.99. The van der Waals surface area contributed by atoms with Crippen LogP contribution in [0.1, 0.15) is 44.6 Å². The first kappa shape index (κ1) is 13.2. The summed E-state index contributed by atoms with van der Waals surface area (Å²) in [6.07, 6.45) is 6.33. The highest BCUT2D eigenvalue weighted by Gasteiger charge is 2.21. The van der Waals surface area contributed by atoms with Gasteiger partial charge in [-0.15, -0.1) is 0 Å². The predicted octanol–water partition coefficient (Wildman–Crippen LogP) is 4.56. The Labute approximate surface area is 114 Å². The molecule has 0 atom stereocenters. The molecule has 3 heteroatoms. The third-order valence-corrected chi connectivity index (χ3v) is 4.05. The minimum Gasteiger partial charge on any atom is -0.490 e. The van der Waals surface area contributed by atoms with Crippen LogP contribution in [-0.2, 0) is 0 Å². The number of benzene rings is 1. The topological polar surface area (TPSA) is 33.0 Å². The van der Waals surface area contributed by atoms with Crippen molar-refractivity contribution in [1.29, 1.82) is 5.26 Å². The molecule has 0 amide bonds. The standard InChI is InChI=1S/C15H18ClNO/c1-2-11-3-6-13(7-4-11)18-14-8-5-12(10-17)15(16)9-14/h5,8-9,11,13H,2-4,6-7H2,1H3. The zero-order valence-corrected chi connectivity index (χ0v) is 11.4. The molecule has 0 unspecified atom stereocenters. The summed E-state index contributed by atoms with van der Waals surface area (Å²) in [6.45, 7) is 2.26. The smallest absolute Gasteiger partial charge is 0.121 e. The van der Waals surface area contributed by atoms with Crippen molar-refractivity contribution >= 4 is 11.6 Å². The Hall–Kier alpha value is -1.20. The predicted molar refractivity (Wildman–Crippen MR) is 72.8 cm³/mol. The van der Waals surface area contributed by atoms with Gasteiger partial charge in [0.15, 0.2) is 0 Å². The first-order valence-corrected chi connectivity index (χ1v) is 6.97. The molecule has 0 saturated heterocycles. The van der Waals surface area contributed by atoms with Crippen LogP contribution in [0.5, 0.6) is 5.75 Å². The Balaban J connectivity index is 1.94. The Morgan fingerprint density at radius 3 is 2.61 bits per heavy atom. The lowest BCUT2D eigenvalue weighted by Gasteiger charge is -2.28. The van der Waals surface area contributed by atoms with Gasteiger partial charge in [0.05, 0.1) is 16.7 Å². The van der Waals surface area contributed by atoms with Crippen molar-refractivity contribution in [3.63, 3.8) is 0 Å². The van der Waals surface area contributed by atoms with Gasteiger partial charge in [-0.2, -0.15) is 5.26 Å². The summed E-state index contributed by atoms with van der Waals surface area (Å²) < 4.78 is 5.93. The largest absolute Gasteiger partial charge is 0.490 e. The third-order valence-electron chi connectivity index (χ3n) is 3.73. The van der Waals surface area contributed by atoms with Crippen molar-refractivity contribution in [3.8, 4) is 11.8 Å². The van der Waals surface area contributed by atoms with Gasteiger partial charge in [0.2, 0.25) is 0 Å². The van der Waals surface area contributed by atoms with Gasteiger partial charge in [-0.25, -0.2) is 0 Å². The molecule has 0 spiro atoms. The van der Waals surface area contributed by atoms with Crippen molar-refractivity contribution in [1.82, 2.24) is 0 Å². The van der Waals surface area contributed by atoms with E-state index in [1.54, 1.807) is 12.1 Å². The molecule has 1 aliphatic carbocycles. The van der Waals surface area contributed by atoms with Crippen LogP contribution in [0, 0.1) is 17.2 Å². The van der Waals surface area contributed by atoms with Crippen LogP contribution >= 0.6 is 11.6 Å². The van der Waals surface area contributed by atoms with Gasteiger partial charge < -0.3 is 4.74 Å². The fraction of sp³-hybridized carbons (Fsp3) is 0.533. The second-order valence-electron chi connectivity index (χ2n) is 4.92. The fourth-order valence-electron chi connectivity index (χ4n) is 2.51. The van der Waals surface area contributed by atoms with Gasteiger partial charge in [0.25, 0.3) is 0 Å². The highest BCUT2D eigenvalue weighted by atomic mass is 35.5. The number of halogens is 1. The van der Waals surface area contributed by atoms with Crippen LogP contribution in [0.25, 0.3) is 0 Å². The van der Waals surface area contributed by atoms with Crippen LogP contribution in [0.15, 0.2) is 18.2 Å². The molecular weight excluding hydrogens is 246 g/mol. The van der Waals surface area contributed by atoms with Crippen molar-refractivity contribution in [2.75, 3.05) is 0 Å². The number of hydrogen-bond donors (Lipinski definition) is 0. The van der Waals surface area contributed by atoms with Gasteiger partial charge in [0, 0.05) is 6.07 Å². The highest BCUT2D eigenvalue weighted by Crippen LogP contribution is 2.30. The molecule has 0 aliphatic heterocycles. The third kappa shape index (κ3) is 3.17. The van der Waals surface area contributed by atoms with Crippen LogP contribution in [-0.4, -0.2) is 6.10 Å². The fourth-order valence-corrected chi connectivity index (χ4v) is 2.72. The normalized spacial score (nSPS) is 23.4. The van der Waals surface area contributed by atoms with Crippen LogP contribution in [0.3, 0.4) is 0 Å². The number of rotatable bonds is 3. The van der Waals surface area contributed by atoms with E-state index in [2.05, 4.69) is 13.0 Å². The Morgan fingerprint density at radius 1 is 1.33 bits per heavy atom. The molecular formula is C15H18ClNO. The molecule has 2 rings (SSSR count). The van der Waals surface area contributed by atoms with E-state index in [4.69, 9.17) is 21.6 Å². The Morgan fingerprint density at radius 2 is 2.06 bits per heavy atom. The van der Waals surface area contributed by atoms with Crippen LogP contribution in [0.2, 0.25) is 5.02 Å². The second kappa shape index (κ2) is 6.11. The molecule has 0 heterocycles. The van der Waals surface area contributed by atoms with E-state index in [0.29, 0.717) is 16.7 Å². The lowest BCUT2D eigenvalue weighted by molar-refractivity contribution is 0.130. The lowest BCUT2D eigenvalue weighted by Crippen LogP contribution is -2.23. The summed E-state index contributed by atoms with van der Waals surface area (Å²) in [5.41, 5.74) is 0.499. The minimum atomic E-state index is 0.303. The summed E-state index contributed by atoms with van der Waals surface area (Å²) in [6, 6.07) is 7.34.